The van der Waals surface area contributed by atoms with Crippen LogP contribution in [0.1, 0.15) is 99.8 Å². The first-order chi connectivity index (χ1) is 14.8. The van der Waals surface area contributed by atoms with Crippen molar-refractivity contribution >= 4 is 0 Å². The Hall–Kier alpha value is -0.600. The second-order valence-electron chi connectivity index (χ2n) is 14.6. The zero-order chi connectivity index (χ0) is 23.4. The molecule has 2 N–H and O–H groups in total. The normalized spacial score (nSPS) is 56.3. The van der Waals surface area contributed by atoms with E-state index in [9.17, 15) is 10.2 Å². The minimum absolute atomic E-state index is 0.109. The smallest absolute Gasteiger partial charge is 0.0618 e. The van der Waals surface area contributed by atoms with Gasteiger partial charge in [0.1, 0.15) is 0 Å². The van der Waals surface area contributed by atoms with Crippen LogP contribution in [0, 0.1) is 50.2 Å². The van der Waals surface area contributed by atoms with E-state index in [-0.39, 0.29) is 34.4 Å². The molecule has 0 spiro atoms. The van der Waals surface area contributed by atoms with Crippen molar-refractivity contribution in [3.63, 3.8) is 0 Å². The summed E-state index contributed by atoms with van der Waals surface area (Å²) in [7, 11) is 0. The maximum absolute atomic E-state index is 10.9. The Balaban J connectivity index is 1.58. The molecule has 0 radical (unpaired) electrons. The number of allylic oxidation sites excluding steroid dienone is 4. The molecule has 1 unspecified atom stereocenters. The molecule has 2 heteroatoms. The maximum atomic E-state index is 10.9. The summed E-state index contributed by atoms with van der Waals surface area (Å²) in [6.45, 7) is 17.4. The van der Waals surface area contributed by atoms with Gasteiger partial charge in [-0.05, 0) is 96.2 Å². The van der Waals surface area contributed by atoms with Crippen molar-refractivity contribution in [2.45, 2.75) is 106 Å². The van der Waals surface area contributed by atoms with E-state index in [1.54, 1.807) is 5.57 Å². The second-order valence-corrected chi connectivity index (χ2v) is 14.6. The number of hydrogen-bond acceptors (Lipinski definition) is 2. The van der Waals surface area contributed by atoms with Gasteiger partial charge in [-0.25, -0.2) is 0 Å². The number of aliphatic hydroxyl groups excluding tert-OH is 2. The molecule has 0 saturated heterocycles. The summed E-state index contributed by atoms with van der Waals surface area (Å²) in [5.74, 6) is 1.71. The van der Waals surface area contributed by atoms with Crippen LogP contribution < -0.4 is 0 Å². The topological polar surface area (TPSA) is 40.5 Å². The maximum Gasteiger partial charge on any atom is 0.0618 e. The number of hydrogen-bond donors (Lipinski definition) is 2. The third kappa shape index (κ3) is 2.72. The standard InChI is InChI=1S/C30H48O2/c1-25(2)14-15-26(3)16-17-29(6)20(21(26)18-25)8-9-23-27(4)12-11-24(32)28(5,19-31)22(27)10-13-30(23,29)7/h8,14-15,21-24,31-32H,9-13,16-19H2,1-7H3/t21-,22?,23-,24+,26-,27+,28+,29-,30-/m1/s1. The van der Waals surface area contributed by atoms with Gasteiger partial charge in [0.2, 0.25) is 0 Å². The lowest BCUT2D eigenvalue weighted by Crippen LogP contribution is -2.65. The van der Waals surface area contributed by atoms with Crippen LogP contribution in [-0.2, 0) is 0 Å². The third-order valence-electron chi connectivity index (χ3n) is 12.6. The Morgan fingerprint density at radius 3 is 2.28 bits per heavy atom. The highest BCUT2D eigenvalue weighted by atomic mass is 16.3. The lowest BCUT2D eigenvalue weighted by atomic mass is 9.34. The minimum atomic E-state index is -0.369. The molecule has 9 atom stereocenters. The summed E-state index contributed by atoms with van der Waals surface area (Å²) in [5.41, 5.74) is 2.78. The van der Waals surface area contributed by atoms with Crippen LogP contribution in [0.2, 0.25) is 0 Å². The zero-order valence-electron chi connectivity index (χ0n) is 21.8. The van der Waals surface area contributed by atoms with E-state index in [1.807, 2.05) is 0 Å². The highest BCUT2D eigenvalue weighted by Crippen LogP contribution is 2.75. The molecular weight excluding hydrogens is 392 g/mol. The van der Waals surface area contributed by atoms with Crippen molar-refractivity contribution in [3.8, 4) is 0 Å². The van der Waals surface area contributed by atoms with Crippen molar-refractivity contribution in [1.82, 2.24) is 0 Å². The van der Waals surface area contributed by atoms with Crippen molar-refractivity contribution in [2.75, 3.05) is 6.61 Å². The molecule has 0 bridgehead atoms. The van der Waals surface area contributed by atoms with Gasteiger partial charge in [-0.1, -0.05) is 72.3 Å². The van der Waals surface area contributed by atoms with Crippen LogP contribution in [0.4, 0.5) is 0 Å². The van der Waals surface area contributed by atoms with E-state index in [4.69, 9.17) is 0 Å². The molecule has 0 aliphatic heterocycles. The van der Waals surface area contributed by atoms with E-state index in [2.05, 4.69) is 66.7 Å². The number of fused-ring (bicyclic) bond motifs is 7. The van der Waals surface area contributed by atoms with E-state index in [0.29, 0.717) is 28.6 Å². The molecule has 5 aliphatic carbocycles. The molecule has 0 amide bonds. The summed E-state index contributed by atoms with van der Waals surface area (Å²) >= 11 is 0. The zero-order valence-corrected chi connectivity index (χ0v) is 21.8. The Kier molecular flexibility index (Phi) is 4.88. The lowest BCUT2D eigenvalue weighted by Gasteiger charge is -2.71. The SMILES string of the molecule is CC1(C)C=C[C@]2(C)CC[C@]3(C)C(=CC[C@@H]4[C@@]5(C)CC[C@H](O)[C@@](C)(CO)C5CC[C@]43C)[C@H]2C1. The molecular formula is C30H48O2. The van der Waals surface area contributed by atoms with Gasteiger partial charge in [-0.3, -0.25) is 0 Å². The molecule has 3 saturated carbocycles. The van der Waals surface area contributed by atoms with Gasteiger partial charge in [-0.15, -0.1) is 0 Å². The van der Waals surface area contributed by atoms with Gasteiger partial charge in [0.15, 0.2) is 0 Å². The Morgan fingerprint density at radius 1 is 0.875 bits per heavy atom. The third-order valence-corrected chi connectivity index (χ3v) is 12.6. The van der Waals surface area contributed by atoms with E-state index in [1.165, 1.54) is 32.1 Å². The van der Waals surface area contributed by atoms with Crippen LogP contribution in [0.15, 0.2) is 23.8 Å². The number of rotatable bonds is 1. The monoisotopic (exact) mass is 440 g/mol. The first-order valence-electron chi connectivity index (χ1n) is 13.5. The van der Waals surface area contributed by atoms with Gasteiger partial charge in [-0.2, -0.15) is 0 Å². The van der Waals surface area contributed by atoms with Crippen molar-refractivity contribution in [1.29, 1.82) is 0 Å². The average molecular weight is 441 g/mol. The van der Waals surface area contributed by atoms with Crippen molar-refractivity contribution < 1.29 is 10.2 Å². The summed E-state index contributed by atoms with van der Waals surface area (Å²) in [6.07, 6.45) is 16.8. The summed E-state index contributed by atoms with van der Waals surface area (Å²) in [6, 6.07) is 0. The minimum Gasteiger partial charge on any atom is -0.396 e. The molecule has 180 valence electrons. The fourth-order valence-corrected chi connectivity index (χ4v) is 10.1. The van der Waals surface area contributed by atoms with E-state index < -0.39 is 0 Å². The largest absolute Gasteiger partial charge is 0.396 e. The summed E-state index contributed by atoms with van der Waals surface area (Å²) in [5, 5.41) is 21.3. The Bertz CT molecular complexity index is 855. The fraction of sp³-hybridized carbons (Fsp3) is 0.867. The average Bonchev–Trinajstić information content (AvgIpc) is 2.73. The Labute approximate surface area is 197 Å². The second kappa shape index (κ2) is 6.75. The molecule has 2 nitrogen and oxygen atoms in total. The van der Waals surface area contributed by atoms with E-state index >= 15 is 0 Å². The van der Waals surface area contributed by atoms with Crippen LogP contribution in [0.5, 0.6) is 0 Å². The predicted octanol–water partition coefficient (Wildman–Crippen LogP) is 6.92. The van der Waals surface area contributed by atoms with Crippen LogP contribution in [0.25, 0.3) is 0 Å². The highest BCUT2D eigenvalue weighted by Gasteiger charge is 2.68. The van der Waals surface area contributed by atoms with Crippen LogP contribution in [-0.4, -0.2) is 22.9 Å². The molecule has 5 aliphatic rings. The molecule has 32 heavy (non-hydrogen) atoms. The molecule has 3 fully saturated rings. The molecule has 0 heterocycles. The van der Waals surface area contributed by atoms with Gasteiger partial charge in [0.25, 0.3) is 0 Å². The highest BCUT2D eigenvalue weighted by molar-refractivity contribution is 5.36. The lowest BCUT2D eigenvalue weighted by molar-refractivity contribution is -0.213. The van der Waals surface area contributed by atoms with E-state index in [0.717, 1.165) is 19.3 Å². The molecule has 5 rings (SSSR count). The molecule has 0 aromatic carbocycles. The first kappa shape index (κ1) is 23.2. The number of aliphatic hydroxyl groups is 2. The van der Waals surface area contributed by atoms with Crippen molar-refractivity contribution in [3.05, 3.63) is 23.8 Å². The molecule has 0 aromatic heterocycles. The first-order valence-corrected chi connectivity index (χ1v) is 13.5. The fourth-order valence-electron chi connectivity index (χ4n) is 10.1. The van der Waals surface area contributed by atoms with Crippen LogP contribution in [0.3, 0.4) is 0 Å². The summed E-state index contributed by atoms with van der Waals surface area (Å²) in [4.78, 5) is 0. The van der Waals surface area contributed by atoms with Crippen molar-refractivity contribution in [2.24, 2.45) is 50.2 Å². The van der Waals surface area contributed by atoms with Gasteiger partial charge >= 0.3 is 0 Å². The Morgan fingerprint density at radius 2 is 1.59 bits per heavy atom. The van der Waals surface area contributed by atoms with Crippen LogP contribution >= 0.6 is 0 Å². The molecule has 0 aromatic rings. The van der Waals surface area contributed by atoms with Gasteiger partial charge in [0.05, 0.1) is 12.7 Å². The summed E-state index contributed by atoms with van der Waals surface area (Å²) < 4.78 is 0. The quantitative estimate of drug-likeness (QED) is 0.435. The van der Waals surface area contributed by atoms with Gasteiger partial charge < -0.3 is 10.2 Å². The van der Waals surface area contributed by atoms with Gasteiger partial charge in [0, 0.05) is 5.41 Å². The predicted molar refractivity (Wildman–Crippen MR) is 132 cm³/mol.